The molecule has 0 spiro atoms. The van der Waals surface area contributed by atoms with Crippen molar-refractivity contribution in [1.82, 2.24) is 15.2 Å². The van der Waals surface area contributed by atoms with Crippen LogP contribution in [0.4, 0.5) is 0 Å². The number of piperidine rings is 3. The van der Waals surface area contributed by atoms with Crippen molar-refractivity contribution in [2.45, 2.75) is 31.8 Å². The van der Waals surface area contributed by atoms with Crippen molar-refractivity contribution in [2.75, 3.05) is 13.1 Å². The van der Waals surface area contributed by atoms with Crippen LogP contribution in [0.15, 0.2) is 22.8 Å². The summed E-state index contributed by atoms with van der Waals surface area (Å²) in [6.07, 6.45) is 3.75. The fourth-order valence-electron chi connectivity index (χ4n) is 3.71. The highest BCUT2D eigenvalue weighted by Gasteiger charge is 2.40. The van der Waals surface area contributed by atoms with E-state index in [1.54, 1.807) is 0 Å². The molecule has 3 aliphatic heterocycles. The second-order valence-corrected chi connectivity index (χ2v) is 7.72. The van der Waals surface area contributed by atoms with Gasteiger partial charge in [-0.25, -0.2) is 0 Å². The standard InChI is InChI=1S/C16H18ClN3O2S/c1-9-14(10-4-6-20(9)7-5-10)19-15(21)11-2-3-12(23-11)16-18-13(17)8-22-16/h2-3,8-10,14H,4-7H2,1H3,(H,19,21)/t9-,14-/m0/s1. The lowest BCUT2D eigenvalue weighted by atomic mass is 9.79. The topological polar surface area (TPSA) is 58.4 Å². The Labute approximate surface area is 143 Å². The van der Waals surface area contributed by atoms with Crippen LogP contribution in [-0.4, -0.2) is 41.0 Å². The number of amides is 1. The number of carbonyl (C=O) groups is 1. The van der Waals surface area contributed by atoms with E-state index >= 15 is 0 Å². The average molecular weight is 352 g/mol. The van der Waals surface area contributed by atoms with Crippen molar-refractivity contribution in [3.63, 3.8) is 0 Å². The number of carbonyl (C=O) groups excluding carboxylic acids is 1. The number of rotatable bonds is 3. The van der Waals surface area contributed by atoms with Crippen LogP contribution in [0.2, 0.25) is 5.15 Å². The van der Waals surface area contributed by atoms with Gasteiger partial charge < -0.3 is 9.73 Å². The number of hydrogen-bond acceptors (Lipinski definition) is 5. The normalized spacial score (nSPS) is 29.7. The first-order chi connectivity index (χ1) is 11.1. The molecule has 1 N–H and O–H groups in total. The number of halogens is 1. The smallest absolute Gasteiger partial charge is 0.261 e. The molecular formula is C16H18ClN3O2S. The van der Waals surface area contributed by atoms with Gasteiger partial charge >= 0.3 is 0 Å². The van der Waals surface area contributed by atoms with Gasteiger partial charge in [-0.15, -0.1) is 11.3 Å². The van der Waals surface area contributed by atoms with E-state index in [9.17, 15) is 4.79 Å². The SMILES string of the molecule is C[C@H]1[C@H](NC(=O)c2ccc(-c3nc(Cl)co3)s2)C2CCN1CC2. The third kappa shape index (κ3) is 2.79. The summed E-state index contributed by atoms with van der Waals surface area (Å²) in [5, 5.41) is 3.56. The lowest BCUT2D eigenvalue weighted by molar-refractivity contribution is 0.0218. The highest BCUT2D eigenvalue weighted by Crippen LogP contribution is 2.33. The third-order valence-corrected chi connectivity index (χ3v) is 6.24. The highest BCUT2D eigenvalue weighted by atomic mass is 35.5. The van der Waals surface area contributed by atoms with Gasteiger partial charge in [-0.1, -0.05) is 11.6 Å². The summed E-state index contributed by atoms with van der Waals surface area (Å²) in [5.41, 5.74) is 0. The molecule has 2 bridgehead atoms. The summed E-state index contributed by atoms with van der Waals surface area (Å²) in [7, 11) is 0. The molecule has 0 radical (unpaired) electrons. The Kier molecular flexibility index (Phi) is 3.91. The van der Waals surface area contributed by atoms with Gasteiger partial charge in [0.1, 0.15) is 6.26 Å². The minimum atomic E-state index is -0.00972. The molecule has 1 amide bonds. The second kappa shape index (κ2) is 5.92. The zero-order valence-electron chi connectivity index (χ0n) is 12.8. The van der Waals surface area contributed by atoms with Gasteiger partial charge in [0.05, 0.1) is 9.75 Å². The number of thiophene rings is 1. The Balaban J connectivity index is 1.48. The minimum Gasteiger partial charge on any atom is -0.442 e. The average Bonchev–Trinajstić information content (AvgIpc) is 3.20. The van der Waals surface area contributed by atoms with Crippen molar-refractivity contribution < 1.29 is 9.21 Å². The maximum absolute atomic E-state index is 12.6. The molecule has 2 atom stereocenters. The van der Waals surface area contributed by atoms with Crippen LogP contribution in [0.25, 0.3) is 10.8 Å². The summed E-state index contributed by atoms with van der Waals surface area (Å²) in [6.45, 7) is 4.53. The number of fused-ring (bicyclic) bond motifs is 3. The first-order valence-corrected chi connectivity index (χ1v) is 9.07. The first-order valence-electron chi connectivity index (χ1n) is 7.88. The van der Waals surface area contributed by atoms with E-state index in [-0.39, 0.29) is 11.9 Å². The lowest BCUT2D eigenvalue weighted by Gasteiger charge is -2.49. The van der Waals surface area contributed by atoms with Crippen molar-refractivity contribution in [3.05, 3.63) is 28.4 Å². The van der Waals surface area contributed by atoms with Gasteiger partial charge in [0.2, 0.25) is 5.89 Å². The summed E-state index contributed by atoms with van der Waals surface area (Å²) < 4.78 is 5.28. The summed E-state index contributed by atoms with van der Waals surface area (Å²) in [4.78, 5) is 20.6. The first kappa shape index (κ1) is 15.2. The van der Waals surface area contributed by atoms with Crippen molar-refractivity contribution in [3.8, 4) is 10.8 Å². The Bertz CT molecular complexity index is 718. The molecule has 23 heavy (non-hydrogen) atoms. The van der Waals surface area contributed by atoms with Crippen molar-refractivity contribution in [1.29, 1.82) is 0 Å². The maximum Gasteiger partial charge on any atom is 0.261 e. The molecule has 122 valence electrons. The number of nitrogens with one attached hydrogen (secondary N) is 1. The van der Waals surface area contributed by atoms with Crippen molar-refractivity contribution in [2.24, 2.45) is 5.92 Å². The molecule has 0 unspecified atom stereocenters. The lowest BCUT2D eigenvalue weighted by Crippen LogP contribution is -2.62. The monoisotopic (exact) mass is 351 g/mol. The van der Waals surface area contributed by atoms with Crippen LogP contribution in [0.1, 0.15) is 29.4 Å². The quantitative estimate of drug-likeness (QED) is 0.922. The molecule has 5 heterocycles. The van der Waals surface area contributed by atoms with Crippen LogP contribution in [0.3, 0.4) is 0 Å². The molecule has 0 saturated carbocycles. The second-order valence-electron chi connectivity index (χ2n) is 6.25. The van der Waals surface area contributed by atoms with E-state index in [4.69, 9.17) is 16.0 Å². The molecule has 3 fully saturated rings. The molecule has 7 heteroatoms. The zero-order chi connectivity index (χ0) is 16.0. The largest absolute Gasteiger partial charge is 0.442 e. The van der Waals surface area contributed by atoms with Crippen LogP contribution in [0.5, 0.6) is 0 Å². The fraction of sp³-hybridized carbons (Fsp3) is 0.500. The Hall–Kier alpha value is -1.37. The number of oxazole rings is 1. The van der Waals surface area contributed by atoms with Gasteiger partial charge in [-0.2, -0.15) is 4.98 Å². The third-order valence-electron chi connectivity index (χ3n) is 4.99. The minimum absolute atomic E-state index is 0.00972. The molecule has 3 aliphatic rings. The predicted octanol–water partition coefficient (Wildman–Crippen LogP) is 3.27. The van der Waals surface area contributed by atoms with Crippen LogP contribution in [-0.2, 0) is 0 Å². The van der Waals surface area contributed by atoms with Gasteiger partial charge in [-0.3, -0.25) is 9.69 Å². The zero-order valence-corrected chi connectivity index (χ0v) is 14.4. The Morgan fingerprint density at radius 2 is 2.22 bits per heavy atom. The van der Waals surface area contributed by atoms with E-state index in [1.165, 1.54) is 30.4 Å². The summed E-state index contributed by atoms with van der Waals surface area (Å²) in [6, 6.07) is 4.32. The van der Waals surface area contributed by atoms with E-state index in [0.29, 0.717) is 27.9 Å². The van der Waals surface area contributed by atoms with Crippen LogP contribution < -0.4 is 5.32 Å². The molecule has 5 nitrogen and oxygen atoms in total. The molecule has 0 aliphatic carbocycles. The highest BCUT2D eigenvalue weighted by molar-refractivity contribution is 7.17. The summed E-state index contributed by atoms with van der Waals surface area (Å²) >= 11 is 7.15. The van der Waals surface area contributed by atoms with Crippen molar-refractivity contribution >= 4 is 28.8 Å². The number of aromatic nitrogens is 1. The van der Waals surface area contributed by atoms with E-state index in [1.807, 2.05) is 12.1 Å². The number of hydrogen-bond donors (Lipinski definition) is 1. The van der Waals surface area contributed by atoms with E-state index in [2.05, 4.69) is 22.1 Å². The van der Waals surface area contributed by atoms with Gasteiger partial charge in [0.15, 0.2) is 5.15 Å². The predicted molar refractivity (Wildman–Crippen MR) is 89.8 cm³/mol. The fourth-order valence-corrected chi connectivity index (χ4v) is 4.67. The van der Waals surface area contributed by atoms with E-state index < -0.39 is 0 Å². The Morgan fingerprint density at radius 1 is 1.43 bits per heavy atom. The molecule has 0 aromatic carbocycles. The number of nitrogens with zero attached hydrogens (tertiary/aromatic N) is 2. The van der Waals surface area contributed by atoms with E-state index in [0.717, 1.165) is 18.0 Å². The summed E-state index contributed by atoms with van der Waals surface area (Å²) in [5.74, 6) is 1.05. The molecule has 2 aromatic rings. The maximum atomic E-state index is 12.6. The van der Waals surface area contributed by atoms with Gasteiger partial charge in [0.25, 0.3) is 5.91 Å². The van der Waals surface area contributed by atoms with Gasteiger partial charge in [-0.05, 0) is 50.9 Å². The molecule has 5 rings (SSSR count). The molecule has 3 saturated heterocycles. The Morgan fingerprint density at radius 3 is 2.87 bits per heavy atom. The molecule has 2 aromatic heterocycles. The van der Waals surface area contributed by atoms with Gasteiger partial charge in [0, 0.05) is 12.1 Å². The van der Waals surface area contributed by atoms with Crippen LogP contribution in [0, 0.1) is 5.92 Å². The molecular weight excluding hydrogens is 334 g/mol. The van der Waals surface area contributed by atoms with Crippen LogP contribution >= 0.6 is 22.9 Å².